The average molecular weight is 371 g/mol. The van der Waals surface area contributed by atoms with Crippen LogP contribution in [0.1, 0.15) is 21.5 Å². The van der Waals surface area contributed by atoms with Crippen LogP contribution in [0.4, 0.5) is 13.2 Å². The number of para-hydroxylation sites is 1. The molecule has 0 aliphatic carbocycles. The molecule has 0 unspecified atom stereocenters. The van der Waals surface area contributed by atoms with Gasteiger partial charge in [0.15, 0.2) is 5.78 Å². The largest absolute Gasteiger partial charge is 0.573 e. The zero-order valence-electron chi connectivity index (χ0n) is 12.9. The number of benzene rings is 2. The molecule has 0 aromatic heterocycles. The van der Waals surface area contributed by atoms with E-state index in [1.165, 1.54) is 42.5 Å². The number of carbonyl (C=O) groups is 1. The lowest BCUT2D eigenvalue weighted by atomic mass is 10.0. The molecular weight excluding hydrogens is 357 g/mol. The number of ether oxygens (including phenoxy) is 1. The SMILES string of the molecule is O=C(/C=C/c1ccccc1OC(F)(F)F)c1ccc(O)c(CCCl)c1. The van der Waals surface area contributed by atoms with E-state index >= 15 is 0 Å². The Morgan fingerprint density at radius 2 is 1.92 bits per heavy atom. The molecule has 2 aromatic rings. The van der Waals surface area contributed by atoms with Crippen LogP contribution in [0.2, 0.25) is 0 Å². The van der Waals surface area contributed by atoms with Crippen molar-refractivity contribution in [2.75, 3.05) is 5.88 Å². The monoisotopic (exact) mass is 370 g/mol. The van der Waals surface area contributed by atoms with Gasteiger partial charge in [-0.15, -0.1) is 24.8 Å². The van der Waals surface area contributed by atoms with Gasteiger partial charge in [0.1, 0.15) is 11.5 Å². The van der Waals surface area contributed by atoms with Crippen molar-refractivity contribution in [3.8, 4) is 11.5 Å². The van der Waals surface area contributed by atoms with E-state index in [4.69, 9.17) is 11.6 Å². The highest BCUT2D eigenvalue weighted by Crippen LogP contribution is 2.27. The molecule has 0 amide bonds. The third-order valence-electron chi connectivity index (χ3n) is 3.29. The van der Waals surface area contributed by atoms with Crippen LogP contribution >= 0.6 is 11.6 Å². The summed E-state index contributed by atoms with van der Waals surface area (Å²) in [4.78, 5) is 12.2. The smallest absolute Gasteiger partial charge is 0.508 e. The second kappa shape index (κ2) is 8.07. The van der Waals surface area contributed by atoms with Crippen LogP contribution in [-0.2, 0) is 6.42 Å². The van der Waals surface area contributed by atoms with Crippen LogP contribution < -0.4 is 4.74 Å². The molecule has 0 spiro atoms. The van der Waals surface area contributed by atoms with Crippen molar-refractivity contribution >= 4 is 23.5 Å². The van der Waals surface area contributed by atoms with Gasteiger partial charge in [0, 0.05) is 17.0 Å². The van der Waals surface area contributed by atoms with Crippen molar-refractivity contribution in [3.63, 3.8) is 0 Å². The van der Waals surface area contributed by atoms with Crippen molar-refractivity contribution in [2.45, 2.75) is 12.8 Å². The van der Waals surface area contributed by atoms with Crippen molar-refractivity contribution in [3.05, 3.63) is 65.2 Å². The summed E-state index contributed by atoms with van der Waals surface area (Å²) in [5.74, 6) is -0.501. The van der Waals surface area contributed by atoms with Gasteiger partial charge in [-0.2, -0.15) is 0 Å². The summed E-state index contributed by atoms with van der Waals surface area (Å²) in [5.41, 5.74) is 0.936. The molecule has 0 fully saturated rings. The molecule has 3 nitrogen and oxygen atoms in total. The molecular formula is C18H14ClF3O3. The Hall–Kier alpha value is -2.47. The van der Waals surface area contributed by atoms with E-state index in [0.717, 1.165) is 12.1 Å². The lowest BCUT2D eigenvalue weighted by Crippen LogP contribution is -2.17. The minimum Gasteiger partial charge on any atom is -0.508 e. The summed E-state index contributed by atoms with van der Waals surface area (Å²) >= 11 is 5.64. The number of aryl methyl sites for hydroxylation is 1. The lowest BCUT2D eigenvalue weighted by molar-refractivity contribution is -0.274. The van der Waals surface area contributed by atoms with Gasteiger partial charge in [-0.3, -0.25) is 4.79 Å². The Morgan fingerprint density at radius 3 is 2.60 bits per heavy atom. The summed E-state index contributed by atoms with van der Waals surface area (Å²) in [6, 6.07) is 9.81. The zero-order valence-corrected chi connectivity index (χ0v) is 13.6. The van der Waals surface area contributed by atoms with E-state index in [2.05, 4.69) is 4.74 Å². The maximum absolute atomic E-state index is 12.4. The molecule has 0 bridgehead atoms. The number of aromatic hydroxyl groups is 1. The van der Waals surface area contributed by atoms with Crippen LogP contribution in [0.25, 0.3) is 6.08 Å². The number of hydrogen-bond acceptors (Lipinski definition) is 3. The van der Waals surface area contributed by atoms with Gasteiger partial charge in [0.25, 0.3) is 0 Å². The average Bonchev–Trinajstić information content (AvgIpc) is 2.54. The Bertz CT molecular complexity index is 785. The molecule has 0 saturated carbocycles. The molecule has 2 aromatic carbocycles. The van der Waals surface area contributed by atoms with Gasteiger partial charge in [-0.05, 0) is 48.4 Å². The van der Waals surface area contributed by atoms with Crippen molar-refractivity contribution in [1.29, 1.82) is 0 Å². The van der Waals surface area contributed by atoms with E-state index in [-0.39, 0.29) is 17.2 Å². The van der Waals surface area contributed by atoms with Crippen LogP contribution in [0.5, 0.6) is 11.5 Å². The fourth-order valence-electron chi connectivity index (χ4n) is 2.14. The first-order chi connectivity index (χ1) is 11.8. The van der Waals surface area contributed by atoms with Gasteiger partial charge in [-0.1, -0.05) is 18.2 Å². The minimum absolute atomic E-state index is 0.0325. The number of phenols is 1. The molecule has 25 heavy (non-hydrogen) atoms. The molecule has 0 saturated heterocycles. The number of hydrogen-bond donors (Lipinski definition) is 1. The van der Waals surface area contributed by atoms with Crippen molar-refractivity contribution in [2.24, 2.45) is 0 Å². The fraction of sp³-hybridized carbons (Fsp3) is 0.167. The second-order valence-corrected chi connectivity index (χ2v) is 5.44. The molecule has 0 heterocycles. The molecule has 2 rings (SSSR count). The Balaban J connectivity index is 2.22. The third kappa shape index (κ3) is 5.53. The van der Waals surface area contributed by atoms with E-state index in [1.54, 1.807) is 0 Å². The van der Waals surface area contributed by atoms with Gasteiger partial charge in [0.05, 0.1) is 0 Å². The number of alkyl halides is 4. The Labute approximate surface area is 147 Å². The first-order valence-electron chi connectivity index (χ1n) is 7.25. The fourth-order valence-corrected chi connectivity index (χ4v) is 2.34. The molecule has 0 atom stereocenters. The zero-order chi connectivity index (χ0) is 18.4. The van der Waals surface area contributed by atoms with Crippen molar-refractivity contribution < 1.29 is 27.8 Å². The van der Waals surface area contributed by atoms with E-state index < -0.39 is 17.9 Å². The normalized spacial score (nSPS) is 11.7. The van der Waals surface area contributed by atoms with Gasteiger partial charge in [-0.25, -0.2) is 0 Å². The number of carbonyl (C=O) groups excluding carboxylic acids is 1. The molecule has 132 valence electrons. The maximum Gasteiger partial charge on any atom is 0.573 e. The Morgan fingerprint density at radius 1 is 1.20 bits per heavy atom. The number of rotatable bonds is 6. The first kappa shape index (κ1) is 18.9. The standard InChI is InChI=1S/C18H14ClF3O3/c19-10-9-14-11-13(6-8-16(14)24)15(23)7-5-12-3-1-2-4-17(12)25-18(20,21)22/h1-8,11,24H,9-10H2/b7-5+. The lowest BCUT2D eigenvalue weighted by Gasteiger charge is -2.11. The van der Waals surface area contributed by atoms with Crippen LogP contribution in [0.3, 0.4) is 0 Å². The molecule has 0 aliphatic heterocycles. The number of halogens is 4. The van der Waals surface area contributed by atoms with Gasteiger partial charge in [0.2, 0.25) is 0 Å². The molecule has 0 aliphatic rings. The number of ketones is 1. The van der Waals surface area contributed by atoms with Crippen molar-refractivity contribution in [1.82, 2.24) is 0 Å². The summed E-state index contributed by atoms with van der Waals surface area (Å²) in [7, 11) is 0. The number of phenolic OH excluding ortho intramolecular Hbond substituents is 1. The highest BCUT2D eigenvalue weighted by Gasteiger charge is 2.31. The quantitative estimate of drug-likeness (QED) is 0.443. The van der Waals surface area contributed by atoms with Crippen LogP contribution in [0.15, 0.2) is 48.5 Å². The molecule has 1 N–H and O–H groups in total. The van der Waals surface area contributed by atoms with Crippen LogP contribution in [0, 0.1) is 0 Å². The van der Waals surface area contributed by atoms with E-state index in [0.29, 0.717) is 17.5 Å². The predicted octanol–water partition coefficient (Wildman–Crippen LogP) is 4.97. The first-order valence-corrected chi connectivity index (χ1v) is 7.78. The summed E-state index contributed by atoms with van der Waals surface area (Å²) in [6.07, 6.45) is -2.03. The summed E-state index contributed by atoms with van der Waals surface area (Å²) in [6.45, 7) is 0. The minimum atomic E-state index is -4.82. The number of allylic oxidation sites excluding steroid dienone is 1. The van der Waals surface area contributed by atoms with E-state index in [1.807, 2.05) is 0 Å². The summed E-state index contributed by atoms with van der Waals surface area (Å²) in [5, 5.41) is 9.69. The Kier molecular flexibility index (Phi) is 6.09. The predicted molar refractivity (Wildman–Crippen MR) is 89.0 cm³/mol. The summed E-state index contributed by atoms with van der Waals surface area (Å²) < 4.78 is 41.1. The van der Waals surface area contributed by atoms with Gasteiger partial charge >= 0.3 is 6.36 Å². The van der Waals surface area contributed by atoms with Gasteiger partial charge < -0.3 is 9.84 Å². The molecule has 7 heteroatoms. The maximum atomic E-state index is 12.4. The van der Waals surface area contributed by atoms with Crippen LogP contribution in [-0.4, -0.2) is 23.1 Å². The third-order valence-corrected chi connectivity index (χ3v) is 3.48. The van der Waals surface area contributed by atoms with E-state index in [9.17, 15) is 23.1 Å². The highest BCUT2D eigenvalue weighted by molar-refractivity contribution is 6.18. The second-order valence-electron chi connectivity index (χ2n) is 5.07. The molecule has 0 radical (unpaired) electrons. The topological polar surface area (TPSA) is 46.5 Å². The highest BCUT2D eigenvalue weighted by atomic mass is 35.5.